The Hall–Kier alpha value is -3.38. The van der Waals surface area contributed by atoms with Gasteiger partial charge in [0.1, 0.15) is 12.0 Å². The van der Waals surface area contributed by atoms with Crippen molar-refractivity contribution in [2.75, 3.05) is 18.8 Å². The maximum atomic E-state index is 10.1. The van der Waals surface area contributed by atoms with E-state index in [1.807, 2.05) is 11.6 Å². The molecule has 168 valence electrons. The fourth-order valence-electron chi connectivity index (χ4n) is 4.03. The summed E-state index contributed by atoms with van der Waals surface area (Å²) in [5.74, 6) is 1.34. The third-order valence-corrected chi connectivity index (χ3v) is 5.56. The molecule has 1 aliphatic rings. The van der Waals surface area contributed by atoms with Gasteiger partial charge in [0.25, 0.3) is 0 Å². The molecule has 0 fully saturated rings. The summed E-state index contributed by atoms with van der Waals surface area (Å²) in [6.45, 7) is 8.27. The number of fused-ring (bicyclic) bond motifs is 2. The number of nitrogens with zero attached hydrogens (tertiary/aromatic N) is 9. The number of rotatable bonds is 6. The van der Waals surface area contributed by atoms with Crippen molar-refractivity contribution in [3.8, 4) is 11.6 Å². The zero-order valence-corrected chi connectivity index (χ0v) is 18.4. The Morgan fingerprint density at radius 2 is 2.12 bits per heavy atom. The predicted octanol–water partition coefficient (Wildman–Crippen LogP) is 0.633. The van der Waals surface area contributed by atoms with E-state index in [0.29, 0.717) is 42.6 Å². The van der Waals surface area contributed by atoms with E-state index in [4.69, 9.17) is 15.1 Å². The normalized spacial score (nSPS) is 14.9. The molecular formula is C20H26N10O2. The van der Waals surface area contributed by atoms with Crippen molar-refractivity contribution < 1.29 is 9.52 Å². The fourth-order valence-corrected chi connectivity index (χ4v) is 4.03. The molecule has 0 aliphatic carbocycles. The second-order valence-electron chi connectivity index (χ2n) is 8.77. The maximum Gasteiger partial charge on any atom is 0.245 e. The molecule has 0 spiro atoms. The van der Waals surface area contributed by atoms with Gasteiger partial charge in [-0.3, -0.25) is 4.90 Å². The quantitative estimate of drug-likeness (QED) is 0.439. The van der Waals surface area contributed by atoms with Crippen LogP contribution in [0.2, 0.25) is 0 Å². The van der Waals surface area contributed by atoms with Crippen LogP contribution in [0.25, 0.3) is 17.2 Å². The molecule has 5 rings (SSSR count). The van der Waals surface area contributed by atoms with E-state index in [0.717, 1.165) is 36.5 Å². The largest absolute Gasteiger partial charge is 0.443 e. The topological polar surface area (TPSA) is 149 Å². The van der Waals surface area contributed by atoms with E-state index in [1.165, 1.54) is 6.26 Å². The Kier molecular flexibility index (Phi) is 4.90. The zero-order valence-electron chi connectivity index (χ0n) is 18.4. The smallest absolute Gasteiger partial charge is 0.245 e. The van der Waals surface area contributed by atoms with Crippen LogP contribution in [0.4, 0.5) is 5.95 Å². The molecule has 5 heterocycles. The molecule has 12 heteroatoms. The lowest BCUT2D eigenvalue weighted by Gasteiger charge is -2.26. The molecule has 0 unspecified atom stereocenters. The van der Waals surface area contributed by atoms with E-state index in [9.17, 15) is 5.11 Å². The maximum absolute atomic E-state index is 10.1. The number of nitrogen functional groups attached to an aromatic ring is 1. The van der Waals surface area contributed by atoms with E-state index in [2.05, 4.69) is 30.3 Å². The van der Waals surface area contributed by atoms with Crippen LogP contribution in [0.15, 0.2) is 16.9 Å². The van der Waals surface area contributed by atoms with Crippen LogP contribution in [-0.2, 0) is 25.9 Å². The highest BCUT2D eigenvalue weighted by molar-refractivity contribution is 5.65. The first-order chi connectivity index (χ1) is 15.3. The van der Waals surface area contributed by atoms with Gasteiger partial charge in [-0.1, -0.05) is 5.21 Å². The highest BCUT2D eigenvalue weighted by Crippen LogP contribution is 2.24. The molecular weight excluding hydrogens is 412 g/mol. The van der Waals surface area contributed by atoms with Crippen molar-refractivity contribution in [3.05, 3.63) is 35.2 Å². The minimum absolute atomic E-state index is 0.239. The number of hydrogen-bond acceptors (Lipinski definition) is 10. The van der Waals surface area contributed by atoms with Gasteiger partial charge in [0.05, 0.1) is 29.7 Å². The summed E-state index contributed by atoms with van der Waals surface area (Å²) in [6, 6.07) is 0. The van der Waals surface area contributed by atoms with Gasteiger partial charge in [0, 0.05) is 38.0 Å². The number of aryl methyl sites for hydroxylation is 1. The SMILES string of the molecule is Cc1c(-c2ncco2)nc(N)n2nc(CCN3CCc4c(nnn4CC(C)(C)O)C3)nc12. The van der Waals surface area contributed by atoms with Crippen LogP contribution in [0.3, 0.4) is 0 Å². The predicted molar refractivity (Wildman–Crippen MR) is 114 cm³/mol. The number of hydrogen-bond donors (Lipinski definition) is 2. The first-order valence-corrected chi connectivity index (χ1v) is 10.6. The lowest BCUT2D eigenvalue weighted by atomic mass is 10.1. The summed E-state index contributed by atoms with van der Waals surface area (Å²) >= 11 is 0. The molecule has 0 bridgehead atoms. The van der Waals surface area contributed by atoms with Crippen molar-refractivity contribution in [2.45, 2.75) is 52.3 Å². The number of nitrogens with two attached hydrogens (primary N) is 1. The van der Waals surface area contributed by atoms with Gasteiger partial charge in [-0.15, -0.1) is 10.2 Å². The Bertz CT molecular complexity index is 1250. The van der Waals surface area contributed by atoms with Crippen molar-refractivity contribution >= 4 is 11.6 Å². The van der Waals surface area contributed by atoms with E-state index < -0.39 is 5.60 Å². The second-order valence-corrected chi connectivity index (χ2v) is 8.77. The van der Waals surface area contributed by atoms with Gasteiger partial charge in [-0.25, -0.2) is 19.6 Å². The van der Waals surface area contributed by atoms with Crippen LogP contribution in [0.5, 0.6) is 0 Å². The van der Waals surface area contributed by atoms with Gasteiger partial charge in [0.15, 0.2) is 11.5 Å². The molecule has 0 amide bonds. The Morgan fingerprint density at radius 3 is 2.88 bits per heavy atom. The van der Waals surface area contributed by atoms with E-state index in [1.54, 1.807) is 24.6 Å². The van der Waals surface area contributed by atoms with Crippen molar-refractivity contribution in [1.29, 1.82) is 0 Å². The standard InChI is InChI=1S/C20H26N10O2/c1-12-16(18-22-6-9-32-18)24-19(21)30-17(12)23-15(26-30)5-8-28-7-4-14-13(10-28)25-27-29(14)11-20(2,3)31/h6,9,31H,4-5,7-8,10-11H2,1-3H3,(H2,21,24). The van der Waals surface area contributed by atoms with E-state index in [-0.39, 0.29) is 5.95 Å². The third-order valence-electron chi connectivity index (χ3n) is 5.56. The fraction of sp³-hybridized carbons (Fsp3) is 0.500. The molecule has 32 heavy (non-hydrogen) atoms. The van der Waals surface area contributed by atoms with Crippen LogP contribution < -0.4 is 5.73 Å². The lowest BCUT2D eigenvalue weighted by molar-refractivity contribution is 0.0558. The number of oxazole rings is 1. The molecule has 1 aliphatic heterocycles. The zero-order chi connectivity index (χ0) is 22.5. The Labute approximate surface area is 184 Å². The summed E-state index contributed by atoms with van der Waals surface area (Å²) in [7, 11) is 0. The van der Waals surface area contributed by atoms with Gasteiger partial charge >= 0.3 is 0 Å². The van der Waals surface area contributed by atoms with Crippen molar-refractivity contribution in [3.63, 3.8) is 0 Å². The van der Waals surface area contributed by atoms with Gasteiger partial charge in [-0.2, -0.15) is 4.52 Å². The third kappa shape index (κ3) is 3.82. The van der Waals surface area contributed by atoms with Crippen LogP contribution >= 0.6 is 0 Å². The molecule has 4 aromatic rings. The summed E-state index contributed by atoms with van der Waals surface area (Å²) < 4.78 is 8.76. The van der Waals surface area contributed by atoms with Crippen LogP contribution in [0, 0.1) is 6.92 Å². The molecule has 0 atom stereocenters. The first kappa shape index (κ1) is 20.5. The highest BCUT2D eigenvalue weighted by atomic mass is 16.3. The highest BCUT2D eigenvalue weighted by Gasteiger charge is 2.25. The van der Waals surface area contributed by atoms with Gasteiger partial charge in [-0.05, 0) is 20.8 Å². The van der Waals surface area contributed by atoms with E-state index >= 15 is 0 Å². The number of anilines is 1. The summed E-state index contributed by atoms with van der Waals surface area (Å²) in [4.78, 5) is 15.6. The molecule has 3 N–H and O–H groups in total. The summed E-state index contributed by atoms with van der Waals surface area (Å²) in [5, 5.41) is 23.2. The molecule has 12 nitrogen and oxygen atoms in total. The Morgan fingerprint density at radius 1 is 1.28 bits per heavy atom. The average molecular weight is 438 g/mol. The van der Waals surface area contributed by atoms with Gasteiger partial charge < -0.3 is 15.3 Å². The van der Waals surface area contributed by atoms with Gasteiger partial charge in [0.2, 0.25) is 11.8 Å². The minimum Gasteiger partial charge on any atom is -0.443 e. The molecule has 0 aromatic carbocycles. The Balaban J connectivity index is 1.30. The number of aromatic nitrogens is 8. The van der Waals surface area contributed by atoms with Crippen LogP contribution in [0.1, 0.15) is 36.6 Å². The van der Waals surface area contributed by atoms with Crippen molar-refractivity contribution in [2.24, 2.45) is 0 Å². The first-order valence-electron chi connectivity index (χ1n) is 10.6. The molecule has 0 saturated heterocycles. The molecule has 0 radical (unpaired) electrons. The minimum atomic E-state index is -0.824. The summed E-state index contributed by atoms with van der Waals surface area (Å²) in [6.07, 6.45) is 4.58. The van der Waals surface area contributed by atoms with Crippen molar-refractivity contribution in [1.82, 2.24) is 44.5 Å². The monoisotopic (exact) mass is 438 g/mol. The average Bonchev–Trinajstić information content (AvgIpc) is 3.48. The summed E-state index contributed by atoms with van der Waals surface area (Å²) in [5.41, 5.74) is 9.38. The lowest BCUT2D eigenvalue weighted by Crippen LogP contribution is -2.34. The number of aliphatic hydroxyl groups is 1. The molecule has 4 aromatic heterocycles. The van der Waals surface area contributed by atoms with Crippen LogP contribution in [-0.4, -0.2) is 68.3 Å². The molecule has 0 saturated carbocycles. The second kappa shape index (κ2) is 7.64.